The fraction of sp³-hybridized carbons (Fsp3) is 0.500. The monoisotopic (exact) mass is 413 g/mol. The number of imidazole rings is 1. The van der Waals surface area contributed by atoms with Crippen LogP contribution in [0.2, 0.25) is 0 Å². The van der Waals surface area contributed by atoms with Crippen LogP contribution in [0.1, 0.15) is 50.9 Å². The fourth-order valence-corrected chi connectivity index (χ4v) is 3.17. The van der Waals surface area contributed by atoms with Crippen molar-refractivity contribution in [3.05, 3.63) is 41.4 Å². The lowest BCUT2D eigenvalue weighted by Gasteiger charge is -2.13. The number of aromatic nitrogens is 4. The Morgan fingerprint density at radius 2 is 2.07 bits per heavy atom. The zero-order valence-electron chi connectivity index (χ0n) is 18.2. The number of methoxy groups -OCH3 is 1. The van der Waals surface area contributed by atoms with Crippen molar-refractivity contribution in [3.8, 4) is 11.5 Å². The summed E-state index contributed by atoms with van der Waals surface area (Å²) in [6.45, 7) is 8.17. The molecule has 0 bridgehead atoms. The Morgan fingerprint density at radius 3 is 2.77 bits per heavy atom. The highest BCUT2D eigenvalue weighted by atomic mass is 16.5. The van der Waals surface area contributed by atoms with E-state index in [1.807, 2.05) is 29.7 Å². The maximum absolute atomic E-state index is 8.94. The zero-order valence-corrected chi connectivity index (χ0v) is 18.2. The molecule has 3 aromatic rings. The average Bonchev–Trinajstić information content (AvgIpc) is 3.20. The smallest absolute Gasteiger partial charge is 0.176 e. The van der Waals surface area contributed by atoms with Crippen LogP contribution in [0.4, 0.5) is 0 Å². The number of aliphatic hydroxyl groups excluding tert-OH is 1. The summed E-state index contributed by atoms with van der Waals surface area (Å²) < 4.78 is 13.3. The van der Waals surface area contributed by atoms with Gasteiger partial charge in [0.15, 0.2) is 22.6 Å². The fourth-order valence-electron chi connectivity index (χ4n) is 3.17. The highest BCUT2D eigenvalue weighted by molar-refractivity contribution is 5.69. The molecule has 3 rings (SSSR count). The van der Waals surface area contributed by atoms with Gasteiger partial charge in [-0.2, -0.15) is 0 Å². The summed E-state index contributed by atoms with van der Waals surface area (Å²) in [5.41, 5.74) is 3.43. The summed E-state index contributed by atoms with van der Waals surface area (Å²) in [5, 5.41) is 8.94. The first-order chi connectivity index (χ1) is 14.6. The number of benzene rings is 1. The molecule has 2 heterocycles. The van der Waals surface area contributed by atoms with Gasteiger partial charge in [-0.05, 0) is 37.5 Å². The van der Waals surface area contributed by atoms with Crippen LogP contribution in [0, 0.1) is 0 Å². The average molecular weight is 414 g/mol. The first-order valence-corrected chi connectivity index (χ1v) is 10.4. The molecule has 2 N–H and O–H groups in total. The molecule has 2 aromatic heterocycles. The third-order valence-electron chi connectivity index (χ3n) is 4.76. The molecule has 8 heteroatoms. The number of aliphatic hydroxyl groups is 1. The van der Waals surface area contributed by atoms with Crippen LogP contribution in [-0.2, 0) is 6.54 Å². The van der Waals surface area contributed by atoms with E-state index in [9.17, 15) is 0 Å². The predicted octanol–water partition coefficient (Wildman–Crippen LogP) is 3.01. The van der Waals surface area contributed by atoms with Crippen molar-refractivity contribution in [2.45, 2.75) is 46.1 Å². The van der Waals surface area contributed by atoms with Gasteiger partial charge in [-0.25, -0.2) is 9.97 Å². The van der Waals surface area contributed by atoms with Gasteiger partial charge in [0.2, 0.25) is 0 Å². The third kappa shape index (κ3) is 4.99. The molecule has 30 heavy (non-hydrogen) atoms. The van der Waals surface area contributed by atoms with E-state index in [1.165, 1.54) is 0 Å². The topological polar surface area (TPSA) is 97.6 Å². The van der Waals surface area contributed by atoms with E-state index in [2.05, 4.69) is 28.8 Å². The van der Waals surface area contributed by atoms with Gasteiger partial charge in [0, 0.05) is 19.1 Å². The van der Waals surface area contributed by atoms with Crippen LogP contribution in [-0.4, -0.2) is 51.5 Å². The minimum Gasteiger partial charge on any atom is -0.493 e. The summed E-state index contributed by atoms with van der Waals surface area (Å²) >= 11 is 0. The molecule has 0 aliphatic carbocycles. The number of fused-ring (bicyclic) bond motifs is 1. The van der Waals surface area contributed by atoms with Crippen LogP contribution in [0.15, 0.2) is 29.5 Å². The van der Waals surface area contributed by atoms with E-state index < -0.39 is 0 Å². The number of unbranched alkanes of at least 4 members (excludes halogenated alkanes) is 1. The Kier molecular flexibility index (Phi) is 7.46. The molecule has 0 fully saturated rings. The summed E-state index contributed by atoms with van der Waals surface area (Å²) in [7, 11) is 1.63. The molecular formula is C22H31N5O3. The first kappa shape index (κ1) is 21.8. The second-order valence-corrected chi connectivity index (χ2v) is 7.41. The molecule has 8 nitrogen and oxygen atoms in total. The Labute approximate surface area is 176 Å². The van der Waals surface area contributed by atoms with Crippen molar-refractivity contribution in [3.63, 3.8) is 0 Å². The van der Waals surface area contributed by atoms with Crippen molar-refractivity contribution in [1.82, 2.24) is 19.5 Å². The lowest BCUT2D eigenvalue weighted by atomic mass is 10.2. The van der Waals surface area contributed by atoms with E-state index in [0.29, 0.717) is 43.1 Å². The van der Waals surface area contributed by atoms with Crippen LogP contribution >= 0.6 is 0 Å². The summed E-state index contributed by atoms with van der Waals surface area (Å²) in [6, 6.07) is 5.91. The molecular weight excluding hydrogens is 382 g/mol. The molecule has 0 radical (unpaired) electrons. The van der Waals surface area contributed by atoms with Gasteiger partial charge in [0.25, 0.3) is 0 Å². The van der Waals surface area contributed by atoms with Gasteiger partial charge in [0.05, 0.1) is 26.6 Å². The van der Waals surface area contributed by atoms with E-state index in [1.54, 1.807) is 13.4 Å². The van der Waals surface area contributed by atoms with Crippen molar-refractivity contribution in [1.29, 1.82) is 0 Å². The Balaban J connectivity index is 1.93. The number of ether oxygens (including phenoxy) is 2. The molecule has 0 amide bonds. The maximum Gasteiger partial charge on any atom is 0.176 e. The molecule has 1 aromatic carbocycles. The molecule has 0 aliphatic heterocycles. The van der Waals surface area contributed by atoms with Gasteiger partial charge < -0.3 is 24.1 Å². The normalized spacial score (nSPS) is 12.1. The number of H-pyrrole nitrogens is 1. The molecule has 0 aliphatic rings. The molecule has 0 atom stereocenters. The van der Waals surface area contributed by atoms with Gasteiger partial charge in [0.1, 0.15) is 11.3 Å². The van der Waals surface area contributed by atoms with E-state index in [-0.39, 0.29) is 12.5 Å². The predicted molar refractivity (Wildman–Crippen MR) is 116 cm³/mol. The van der Waals surface area contributed by atoms with Crippen LogP contribution in [0.25, 0.3) is 11.2 Å². The quantitative estimate of drug-likeness (QED) is 0.498. The zero-order chi connectivity index (χ0) is 21.5. The number of rotatable bonds is 10. The van der Waals surface area contributed by atoms with Crippen LogP contribution in [0.5, 0.6) is 11.5 Å². The van der Waals surface area contributed by atoms with Crippen molar-refractivity contribution < 1.29 is 14.6 Å². The molecule has 0 saturated carbocycles. The number of nitrogens with zero attached hydrogens (tertiary/aromatic N) is 4. The first-order valence-electron chi connectivity index (χ1n) is 10.4. The number of hydrogen-bond acceptors (Lipinski definition) is 6. The number of hydrogen-bond donors (Lipinski definition) is 2. The van der Waals surface area contributed by atoms with Crippen molar-refractivity contribution >= 4 is 11.2 Å². The van der Waals surface area contributed by atoms with Crippen molar-refractivity contribution in [2.24, 2.45) is 4.99 Å². The minimum absolute atomic E-state index is 0.169. The summed E-state index contributed by atoms with van der Waals surface area (Å²) in [4.78, 5) is 17.2. The van der Waals surface area contributed by atoms with E-state index >= 15 is 0 Å². The van der Waals surface area contributed by atoms with Gasteiger partial charge in [-0.1, -0.05) is 19.9 Å². The van der Waals surface area contributed by atoms with E-state index in [0.717, 1.165) is 29.0 Å². The second-order valence-electron chi connectivity index (χ2n) is 7.41. The Morgan fingerprint density at radius 1 is 1.23 bits per heavy atom. The minimum atomic E-state index is 0.169. The second kappa shape index (κ2) is 10.2. The molecule has 0 spiro atoms. The van der Waals surface area contributed by atoms with Crippen LogP contribution < -0.4 is 15.0 Å². The maximum atomic E-state index is 8.94. The van der Waals surface area contributed by atoms with Crippen molar-refractivity contribution in [2.75, 3.05) is 26.9 Å². The summed E-state index contributed by atoms with van der Waals surface area (Å²) in [5.74, 6) is 2.58. The number of nitrogens with one attached hydrogen (secondary N) is 1. The number of aromatic amines is 1. The third-order valence-corrected chi connectivity index (χ3v) is 4.76. The molecule has 0 unspecified atom stereocenters. The largest absolute Gasteiger partial charge is 0.493 e. The Bertz CT molecular complexity index is 1040. The lowest BCUT2D eigenvalue weighted by molar-refractivity contribution is 0.247. The van der Waals surface area contributed by atoms with Gasteiger partial charge >= 0.3 is 0 Å². The molecule has 0 saturated heterocycles. The van der Waals surface area contributed by atoms with Gasteiger partial charge in [-0.15, -0.1) is 0 Å². The molecule has 162 valence electrons. The SMILES string of the molecule is CCN=c1ncn(Cc2ccc(OC)c(OCCCCO)c2)c2nc(C(C)C)[nH]c12. The highest BCUT2D eigenvalue weighted by Crippen LogP contribution is 2.29. The standard InChI is InChI=1S/C22H31N5O3/c1-5-23-21-19-22(26-20(25-19)15(2)3)27(14-24-21)13-16-8-9-17(29-4)18(12-16)30-11-7-6-10-28/h8-9,12,14-15,28H,5-7,10-11,13H2,1-4H3,(H,25,26). The van der Waals surface area contributed by atoms with E-state index in [4.69, 9.17) is 19.6 Å². The Hall–Kier alpha value is -2.87. The van der Waals surface area contributed by atoms with Gasteiger partial charge in [-0.3, -0.25) is 4.99 Å². The summed E-state index contributed by atoms with van der Waals surface area (Å²) in [6.07, 6.45) is 3.29. The van der Waals surface area contributed by atoms with Crippen LogP contribution in [0.3, 0.4) is 0 Å². The lowest BCUT2D eigenvalue weighted by Crippen LogP contribution is -2.15. The highest BCUT2D eigenvalue weighted by Gasteiger charge is 2.13.